The van der Waals surface area contributed by atoms with Crippen molar-refractivity contribution in [2.75, 3.05) is 5.75 Å². The number of nitrogens with one attached hydrogen (secondary N) is 1. The lowest BCUT2D eigenvalue weighted by atomic mass is 10.1. The molecule has 0 radical (unpaired) electrons. The van der Waals surface area contributed by atoms with E-state index < -0.39 is 0 Å². The number of carbonyl (C=O) groups is 1. The van der Waals surface area contributed by atoms with Gasteiger partial charge in [0, 0.05) is 12.6 Å². The van der Waals surface area contributed by atoms with Crippen LogP contribution in [0.1, 0.15) is 20.8 Å². The van der Waals surface area contributed by atoms with Crippen LogP contribution in [0.2, 0.25) is 0 Å². The first-order chi connectivity index (χ1) is 8.87. The van der Waals surface area contributed by atoms with E-state index in [1.165, 1.54) is 18.1 Å². The molecule has 0 aliphatic heterocycles. The van der Waals surface area contributed by atoms with Crippen LogP contribution in [0.5, 0.6) is 0 Å². The van der Waals surface area contributed by atoms with Crippen LogP contribution < -0.4 is 5.32 Å². The fourth-order valence-corrected chi connectivity index (χ4v) is 2.26. The van der Waals surface area contributed by atoms with E-state index in [1.54, 1.807) is 11.7 Å². The van der Waals surface area contributed by atoms with Crippen LogP contribution in [0.25, 0.3) is 11.2 Å². The van der Waals surface area contributed by atoms with Crippen LogP contribution >= 0.6 is 11.8 Å². The summed E-state index contributed by atoms with van der Waals surface area (Å²) in [4.78, 5) is 20.0. The van der Waals surface area contributed by atoms with Crippen molar-refractivity contribution in [2.45, 2.75) is 31.3 Å². The number of rotatable bonds is 3. The van der Waals surface area contributed by atoms with Crippen LogP contribution in [0, 0.1) is 0 Å². The molecule has 1 amide bonds. The van der Waals surface area contributed by atoms with Crippen LogP contribution in [0.15, 0.2) is 11.4 Å². The molecule has 2 aromatic heterocycles. The quantitative estimate of drug-likeness (QED) is 0.660. The summed E-state index contributed by atoms with van der Waals surface area (Å²) in [5.41, 5.74) is 1.05. The molecular formula is C11H16N6OS. The third-order valence-corrected chi connectivity index (χ3v) is 3.19. The maximum atomic E-state index is 11.8. The fraction of sp³-hybridized carbons (Fsp3) is 0.545. The number of aryl methyl sites for hydroxylation is 1. The maximum Gasteiger partial charge on any atom is 0.230 e. The van der Waals surface area contributed by atoms with Gasteiger partial charge in [-0.1, -0.05) is 17.0 Å². The molecule has 0 unspecified atom stereocenters. The average Bonchev–Trinajstić information content (AvgIpc) is 2.67. The third kappa shape index (κ3) is 3.40. The first kappa shape index (κ1) is 13.7. The minimum atomic E-state index is -0.231. The molecule has 0 saturated heterocycles. The summed E-state index contributed by atoms with van der Waals surface area (Å²) in [5, 5.41) is 11.5. The van der Waals surface area contributed by atoms with Crippen molar-refractivity contribution < 1.29 is 4.79 Å². The van der Waals surface area contributed by atoms with E-state index in [9.17, 15) is 4.79 Å². The largest absolute Gasteiger partial charge is 0.351 e. The number of carbonyl (C=O) groups excluding carboxylic acids is 1. The van der Waals surface area contributed by atoms with Gasteiger partial charge < -0.3 is 5.32 Å². The van der Waals surface area contributed by atoms with Crippen molar-refractivity contribution in [1.82, 2.24) is 30.3 Å². The number of fused-ring (bicyclic) bond motifs is 1. The van der Waals surface area contributed by atoms with Crippen LogP contribution in [-0.2, 0) is 11.8 Å². The summed E-state index contributed by atoms with van der Waals surface area (Å²) >= 11 is 1.33. The standard InChI is InChI=1S/C11H16N6OS/c1-11(2,3)14-7(18)5-19-10-8-9(12-6-13-10)17(4)16-15-8/h6H,5H2,1-4H3,(H,14,18). The molecule has 0 bridgehead atoms. The molecule has 2 rings (SSSR count). The van der Waals surface area contributed by atoms with Crippen molar-refractivity contribution in [3.8, 4) is 0 Å². The van der Waals surface area contributed by atoms with Crippen LogP contribution in [0.3, 0.4) is 0 Å². The van der Waals surface area contributed by atoms with Gasteiger partial charge in [-0.3, -0.25) is 4.79 Å². The minimum absolute atomic E-state index is 0.0341. The summed E-state index contributed by atoms with van der Waals surface area (Å²) in [6.07, 6.45) is 1.45. The van der Waals surface area contributed by atoms with E-state index in [2.05, 4.69) is 25.6 Å². The van der Waals surface area contributed by atoms with E-state index >= 15 is 0 Å². The van der Waals surface area contributed by atoms with Crippen LogP contribution in [-0.4, -0.2) is 42.2 Å². The highest BCUT2D eigenvalue weighted by atomic mass is 32.2. The second kappa shape index (κ2) is 5.12. The molecule has 0 aromatic carbocycles. The zero-order chi connectivity index (χ0) is 14.0. The number of amides is 1. The number of nitrogens with zero attached hydrogens (tertiary/aromatic N) is 5. The Kier molecular flexibility index (Phi) is 3.70. The number of aromatic nitrogens is 5. The Morgan fingerprint density at radius 2 is 2.16 bits per heavy atom. The molecule has 1 N–H and O–H groups in total. The summed E-state index contributed by atoms with van der Waals surface area (Å²) in [5.74, 6) is 0.258. The molecular weight excluding hydrogens is 264 g/mol. The van der Waals surface area contributed by atoms with E-state index in [1.807, 2.05) is 20.8 Å². The predicted molar refractivity (Wildman–Crippen MR) is 72.7 cm³/mol. The molecule has 0 fully saturated rings. The highest BCUT2D eigenvalue weighted by Crippen LogP contribution is 2.21. The molecule has 7 nitrogen and oxygen atoms in total. The molecule has 19 heavy (non-hydrogen) atoms. The van der Waals surface area contributed by atoms with Gasteiger partial charge in [-0.15, -0.1) is 5.10 Å². The first-order valence-electron chi connectivity index (χ1n) is 5.81. The Morgan fingerprint density at radius 1 is 1.42 bits per heavy atom. The van der Waals surface area contributed by atoms with Crippen molar-refractivity contribution in [3.05, 3.63) is 6.33 Å². The first-order valence-corrected chi connectivity index (χ1v) is 6.79. The molecule has 2 heterocycles. The van der Waals surface area contributed by atoms with Gasteiger partial charge in [0.05, 0.1) is 5.75 Å². The average molecular weight is 280 g/mol. The van der Waals surface area contributed by atoms with Gasteiger partial charge in [-0.25, -0.2) is 14.6 Å². The van der Waals surface area contributed by atoms with Crippen molar-refractivity contribution in [3.63, 3.8) is 0 Å². The molecule has 0 saturated carbocycles. The van der Waals surface area contributed by atoms with Gasteiger partial charge >= 0.3 is 0 Å². The molecule has 8 heteroatoms. The van der Waals surface area contributed by atoms with E-state index in [0.29, 0.717) is 21.9 Å². The number of hydrogen-bond acceptors (Lipinski definition) is 6. The number of thioether (sulfide) groups is 1. The van der Waals surface area contributed by atoms with Gasteiger partial charge in [0.2, 0.25) is 5.91 Å². The van der Waals surface area contributed by atoms with Crippen molar-refractivity contribution in [2.24, 2.45) is 7.05 Å². The van der Waals surface area contributed by atoms with Gasteiger partial charge in [0.15, 0.2) is 11.2 Å². The molecule has 0 aliphatic rings. The van der Waals surface area contributed by atoms with Gasteiger partial charge in [0.25, 0.3) is 0 Å². The Labute approximate surface area is 115 Å². The van der Waals surface area contributed by atoms with Gasteiger partial charge in [0.1, 0.15) is 11.4 Å². The Hall–Kier alpha value is -1.70. The Bertz CT molecular complexity index is 603. The lowest BCUT2D eigenvalue weighted by Gasteiger charge is -2.20. The summed E-state index contributed by atoms with van der Waals surface area (Å²) in [6.45, 7) is 5.84. The topological polar surface area (TPSA) is 85.6 Å². The minimum Gasteiger partial charge on any atom is -0.351 e. The van der Waals surface area contributed by atoms with E-state index in [-0.39, 0.29) is 11.4 Å². The third-order valence-electron chi connectivity index (χ3n) is 2.21. The summed E-state index contributed by atoms with van der Waals surface area (Å²) in [7, 11) is 1.77. The normalized spacial score (nSPS) is 11.8. The maximum absolute atomic E-state index is 11.8. The monoisotopic (exact) mass is 280 g/mol. The van der Waals surface area contributed by atoms with Crippen molar-refractivity contribution in [1.29, 1.82) is 0 Å². The Morgan fingerprint density at radius 3 is 2.84 bits per heavy atom. The van der Waals surface area contributed by atoms with E-state index in [4.69, 9.17) is 0 Å². The second-order valence-electron chi connectivity index (χ2n) is 5.15. The zero-order valence-electron chi connectivity index (χ0n) is 11.3. The molecule has 102 valence electrons. The number of hydrogen-bond donors (Lipinski definition) is 1. The molecule has 2 aromatic rings. The van der Waals surface area contributed by atoms with Gasteiger partial charge in [-0.05, 0) is 20.8 Å². The molecule has 0 aliphatic carbocycles. The zero-order valence-corrected chi connectivity index (χ0v) is 12.2. The smallest absolute Gasteiger partial charge is 0.230 e. The predicted octanol–water partition coefficient (Wildman–Crippen LogP) is 0.765. The van der Waals surface area contributed by atoms with Crippen LogP contribution in [0.4, 0.5) is 0 Å². The lowest BCUT2D eigenvalue weighted by molar-refractivity contribution is -0.119. The summed E-state index contributed by atoms with van der Waals surface area (Å²) in [6, 6.07) is 0. The van der Waals surface area contributed by atoms with Gasteiger partial charge in [-0.2, -0.15) is 0 Å². The fourth-order valence-electron chi connectivity index (χ4n) is 1.53. The Balaban J connectivity index is 2.08. The van der Waals surface area contributed by atoms with E-state index in [0.717, 1.165) is 0 Å². The van der Waals surface area contributed by atoms with Crippen molar-refractivity contribution >= 4 is 28.8 Å². The SMILES string of the molecule is Cn1nnc2c(SCC(=O)NC(C)(C)C)ncnc21. The lowest BCUT2D eigenvalue weighted by Crippen LogP contribution is -2.41. The highest BCUT2D eigenvalue weighted by Gasteiger charge is 2.16. The molecule has 0 spiro atoms. The summed E-state index contributed by atoms with van der Waals surface area (Å²) < 4.78 is 1.58. The second-order valence-corrected chi connectivity index (χ2v) is 6.11. The highest BCUT2D eigenvalue weighted by molar-refractivity contribution is 8.00. The molecule has 0 atom stereocenters.